The van der Waals surface area contributed by atoms with Crippen molar-refractivity contribution in [3.05, 3.63) is 12.2 Å². The summed E-state index contributed by atoms with van der Waals surface area (Å²) in [5.41, 5.74) is 6.70. The van der Waals surface area contributed by atoms with Crippen molar-refractivity contribution in [1.82, 2.24) is 10.9 Å². The standard InChI is InChI=1S/C7H12N2/c1-6-4-2-3-5-7(6)8-9-7/h2-3,6,8-9H,4-5H2,1H3/t6-/m1/s1. The van der Waals surface area contributed by atoms with Gasteiger partial charge in [-0.1, -0.05) is 19.1 Å². The Morgan fingerprint density at radius 1 is 1.44 bits per heavy atom. The van der Waals surface area contributed by atoms with Crippen LogP contribution in [-0.2, 0) is 0 Å². The fourth-order valence-electron chi connectivity index (χ4n) is 1.40. The molecule has 0 saturated carbocycles. The van der Waals surface area contributed by atoms with E-state index in [2.05, 4.69) is 29.9 Å². The Kier molecular flexibility index (Phi) is 0.957. The van der Waals surface area contributed by atoms with Crippen LogP contribution in [0.5, 0.6) is 0 Å². The lowest BCUT2D eigenvalue weighted by molar-refractivity contribution is 0.396. The third-order valence-electron chi connectivity index (χ3n) is 2.38. The van der Waals surface area contributed by atoms with Gasteiger partial charge in [0.2, 0.25) is 0 Å². The molecule has 1 aliphatic carbocycles. The quantitative estimate of drug-likeness (QED) is 0.370. The molecule has 1 fully saturated rings. The van der Waals surface area contributed by atoms with Gasteiger partial charge in [-0.2, -0.15) is 0 Å². The van der Waals surface area contributed by atoms with Crippen LogP contribution >= 0.6 is 0 Å². The van der Waals surface area contributed by atoms with Crippen molar-refractivity contribution in [1.29, 1.82) is 0 Å². The molecule has 2 nitrogen and oxygen atoms in total. The molecule has 50 valence electrons. The first-order chi connectivity index (χ1) is 4.33. The van der Waals surface area contributed by atoms with Crippen LogP contribution in [0.15, 0.2) is 12.2 Å². The summed E-state index contributed by atoms with van der Waals surface area (Å²) in [5.74, 6) is 0.752. The number of rotatable bonds is 0. The van der Waals surface area contributed by atoms with E-state index in [0.29, 0.717) is 5.66 Å². The second-order valence-corrected chi connectivity index (χ2v) is 3.03. The van der Waals surface area contributed by atoms with E-state index in [1.54, 1.807) is 0 Å². The molecule has 2 aliphatic rings. The minimum absolute atomic E-state index is 0.300. The van der Waals surface area contributed by atoms with Crippen molar-refractivity contribution in [2.24, 2.45) is 5.92 Å². The van der Waals surface area contributed by atoms with Gasteiger partial charge in [0.05, 0.1) is 0 Å². The van der Waals surface area contributed by atoms with E-state index >= 15 is 0 Å². The third-order valence-corrected chi connectivity index (χ3v) is 2.38. The maximum Gasteiger partial charge on any atom is 0.101 e. The van der Waals surface area contributed by atoms with Crippen molar-refractivity contribution in [3.63, 3.8) is 0 Å². The first-order valence-electron chi connectivity index (χ1n) is 3.53. The molecular formula is C7H12N2. The summed E-state index contributed by atoms with van der Waals surface area (Å²) in [6.07, 6.45) is 6.86. The van der Waals surface area contributed by atoms with Gasteiger partial charge in [-0.3, -0.25) is 0 Å². The van der Waals surface area contributed by atoms with Crippen molar-refractivity contribution in [2.75, 3.05) is 0 Å². The van der Waals surface area contributed by atoms with Crippen LogP contribution in [0, 0.1) is 5.92 Å². The van der Waals surface area contributed by atoms with Crippen molar-refractivity contribution < 1.29 is 0 Å². The zero-order chi connectivity index (χ0) is 6.32. The van der Waals surface area contributed by atoms with Crippen LogP contribution in [-0.4, -0.2) is 5.66 Å². The number of hydrazine groups is 1. The first kappa shape index (κ1) is 5.45. The minimum atomic E-state index is 0.300. The molecule has 2 heteroatoms. The van der Waals surface area contributed by atoms with E-state index < -0.39 is 0 Å². The molecular weight excluding hydrogens is 112 g/mol. The highest BCUT2D eigenvalue weighted by Crippen LogP contribution is 2.32. The Balaban J connectivity index is 2.15. The molecule has 2 rings (SSSR count). The molecule has 1 atom stereocenters. The second kappa shape index (κ2) is 1.58. The van der Waals surface area contributed by atoms with Gasteiger partial charge in [0, 0.05) is 0 Å². The molecule has 0 aromatic rings. The summed E-state index contributed by atoms with van der Waals surface area (Å²) in [5, 5.41) is 0. The molecule has 1 saturated heterocycles. The Morgan fingerprint density at radius 3 is 2.67 bits per heavy atom. The van der Waals surface area contributed by atoms with Gasteiger partial charge in [-0.15, -0.1) is 0 Å². The highest BCUT2D eigenvalue weighted by atomic mass is 15.7. The summed E-state index contributed by atoms with van der Waals surface area (Å²) in [7, 11) is 0. The monoisotopic (exact) mass is 124 g/mol. The predicted octanol–water partition coefficient (Wildman–Crippen LogP) is 0.777. The Labute approximate surface area is 55.3 Å². The number of hydrogen-bond donors (Lipinski definition) is 2. The van der Waals surface area contributed by atoms with Crippen molar-refractivity contribution in [3.8, 4) is 0 Å². The summed E-state index contributed by atoms with van der Waals surface area (Å²) >= 11 is 0. The van der Waals surface area contributed by atoms with Crippen LogP contribution < -0.4 is 10.9 Å². The number of nitrogens with one attached hydrogen (secondary N) is 2. The minimum Gasteiger partial charge on any atom is -0.234 e. The Hall–Kier alpha value is -0.340. The molecule has 9 heavy (non-hydrogen) atoms. The van der Waals surface area contributed by atoms with Gasteiger partial charge >= 0.3 is 0 Å². The van der Waals surface area contributed by atoms with Gasteiger partial charge in [0.15, 0.2) is 0 Å². The van der Waals surface area contributed by atoms with Crippen molar-refractivity contribution in [2.45, 2.75) is 25.4 Å². The fourth-order valence-corrected chi connectivity index (χ4v) is 1.40. The maximum atomic E-state index is 3.20. The Morgan fingerprint density at radius 2 is 2.22 bits per heavy atom. The lowest BCUT2D eigenvalue weighted by Crippen LogP contribution is -2.28. The molecule has 0 aromatic carbocycles. The van der Waals surface area contributed by atoms with Crippen LogP contribution in [0.3, 0.4) is 0 Å². The first-order valence-corrected chi connectivity index (χ1v) is 3.53. The van der Waals surface area contributed by atoms with Gasteiger partial charge in [-0.25, -0.2) is 10.9 Å². The van der Waals surface area contributed by atoms with Gasteiger partial charge in [-0.05, 0) is 18.8 Å². The second-order valence-electron chi connectivity index (χ2n) is 3.03. The largest absolute Gasteiger partial charge is 0.234 e. The van der Waals surface area contributed by atoms with E-state index in [4.69, 9.17) is 0 Å². The van der Waals surface area contributed by atoms with Gasteiger partial charge < -0.3 is 0 Å². The van der Waals surface area contributed by atoms with E-state index in [9.17, 15) is 0 Å². The molecule has 0 aromatic heterocycles. The van der Waals surface area contributed by atoms with E-state index in [0.717, 1.165) is 12.3 Å². The normalized spacial score (nSPS) is 37.2. The molecule has 0 bridgehead atoms. The summed E-state index contributed by atoms with van der Waals surface area (Å²) < 4.78 is 0. The lowest BCUT2D eigenvalue weighted by Gasteiger charge is -2.20. The predicted molar refractivity (Wildman–Crippen MR) is 36.5 cm³/mol. The van der Waals surface area contributed by atoms with Crippen LogP contribution in [0.4, 0.5) is 0 Å². The van der Waals surface area contributed by atoms with E-state index in [1.807, 2.05) is 0 Å². The van der Waals surface area contributed by atoms with Crippen LogP contribution in [0.25, 0.3) is 0 Å². The number of allylic oxidation sites excluding steroid dienone is 1. The third kappa shape index (κ3) is 0.705. The van der Waals surface area contributed by atoms with Crippen LogP contribution in [0.1, 0.15) is 19.8 Å². The highest BCUT2D eigenvalue weighted by molar-refractivity contribution is 5.09. The average Bonchev–Trinajstić information content (AvgIpc) is 2.60. The molecule has 1 aliphatic heterocycles. The summed E-state index contributed by atoms with van der Waals surface area (Å²) in [4.78, 5) is 0. The summed E-state index contributed by atoms with van der Waals surface area (Å²) in [6.45, 7) is 2.27. The number of hydrogen-bond acceptors (Lipinski definition) is 2. The molecule has 1 spiro atoms. The zero-order valence-electron chi connectivity index (χ0n) is 5.65. The van der Waals surface area contributed by atoms with Gasteiger partial charge in [0.1, 0.15) is 5.66 Å². The molecule has 0 radical (unpaired) electrons. The Bertz CT molecular complexity index is 147. The fraction of sp³-hybridized carbons (Fsp3) is 0.714. The van der Waals surface area contributed by atoms with Crippen LogP contribution in [0.2, 0.25) is 0 Å². The topological polar surface area (TPSA) is 43.9 Å². The SMILES string of the molecule is C[C@@H]1CC=CCC12NN2. The van der Waals surface area contributed by atoms with E-state index in [-0.39, 0.29) is 0 Å². The van der Waals surface area contributed by atoms with E-state index in [1.165, 1.54) is 6.42 Å². The molecule has 2 N–H and O–H groups in total. The zero-order valence-corrected chi connectivity index (χ0v) is 5.65. The van der Waals surface area contributed by atoms with Crippen molar-refractivity contribution >= 4 is 0 Å². The highest BCUT2D eigenvalue weighted by Gasteiger charge is 2.46. The molecule has 1 heterocycles. The maximum absolute atomic E-state index is 3.20. The average molecular weight is 124 g/mol. The smallest absolute Gasteiger partial charge is 0.101 e. The molecule has 0 unspecified atom stereocenters. The summed E-state index contributed by atoms with van der Waals surface area (Å²) in [6, 6.07) is 0. The molecule has 0 amide bonds. The van der Waals surface area contributed by atoms with Gasteiger partial charge in [0.25, 0.3) is 0 Å². The lowest BCUT2D eigenvalue weighted by atomic mass is 9.88.